The molecule has 0 bridgehead atoms. The van der Waals surface area contributed by atoms with Crippen LogP contribution in [0.5, 0.6) is 0 Å². The van der Waals surface area contributed by atoms with Crippen LogP contribution >= 0.6 is 11.8 Å². The van der Waals surface area contributed by atoms with Gasteiger partial charge in [-0.25, -0.2) is 0 Å². The Kier molecular flexibility index (Phi) is 4.36. The summed E-state index contributed by atoms with van der Waals surface area (Å²) >= 11 is 1.99. The first-order valence-corrected chi connectivity index (χ1v) is 7.24. The average molecular weight is 266 g/mol. The maximum Gasteiger partial charge on any atom is 0.325 e. The van der Waals surface area contributed by atoms with Gasteiger partial charge >= 0.3 is 5.97 Å². The molecule has 2 N–H and O–H groups in total. The van der Waals surface area contributed by atoms with Crippen molar-refractivity contribution in [3.63, 3.8) is 0 Å². The molecule has 0 unspecified atom stereocenters. The molecule has 18 heavy (non-hydrogen) atoms. The predicted octanol–water partition coefficient (Wildman–Crippen LogP) is 2.12. The minimum absolute atomic E-state index is 0.567. The standard InChI is InChI=1S/C13H18N2O2S/c1-10(13(16)17)14-11-2-4-12(5-3-11)15-6-8-18-9-7-15/h2-5,10,14H,6-9H2,1H3,(H,16,17)/t10-/m0/s1. The zero-order valence-electron chi connectivity index (χ0n) is 10.4. The molecule has 4 nitrogen and oxygen atoms in total. The Morgan fingerprint density at radius 2 is 1.94 bits per heavy atom. The zero-order chi connectivity index (χ0) is 13.0. The smallest absolute Gasteiger partial charge is 0.325 e. The Morgan fingerprint density at radius 1 is 1.33 bits per heavy atom. The molecule has 0 radical (unpaired) electrons. The van der Waals surface area contributed by atoms with Crippen molar-refractivity contribution in [3.8, 4) is 0 Å². The number of benzene rings is 1. The van der Waals surface area contributed by atoms with Crippen molar-refractivity contribution in [2.45, 2.75) is 13.0 Å². The summed E-state index contributed by atoms with van der Waals surface area (Å²) in [5.74, 6) is 1.51. The molecule has 0 aromatic heterocycles. The molecule has 1 aliphatic heterocycles. The number of hydrogen-bond donors (Lipinski definition) is 2. The second-order valence-electron chi connectivity index (χ2n) is 4.35. The van der Waals surface area contributed by atoms with E-state index in [4.69, 9.17) is 5.11 Å². The van der Waals surface area contributed by atoms with E-state index in [2.05, 4.69) is 10.2 Å². The highest BCUT2D eigenvalue weighted by atomic mass is 32.2. The molecule has 0 amide bonds. The molecule has 1 heterocycles. The molecule has 1 aromatic carbocycles. The number of aliphatic carboxylic acids is 1. The zero-order valence-corrected chi connectivity index (χ0v) is 11.2. The molecule has 1 fully saturated rings. The molecule has 5 heteroatoms. The molecular weight excluding hydrogens is 248 g/mol. The SMILES string of the molecule is C[C@H](Nc1ccc(N2CCSCC2)cc1)C(=O)O. The lowest BCUT2D eigenvalue weighted by Crippen LogP contribution is -2.32. The lowest BCUT2D eigenvalue weighted by molar-refractivity contribution is -0.137. The molecule has 1 aromatic rings. The highest BCUT2D eigenvalue weighted by molar-refractivity contribution is 7.99. The third-order valence-corrected chi connectivity index (χ3v) is 3.94. The molecule has 1 atom stereocenters. The number of rotatable bonds is 4. The number of nitrogens with zero attached hydrogens (tertiary/aromatic N) is 1. The van der Waals surface area contributed by atoms with E-state index in [1.807, 2.05) is 36.0 Å². The maximum atomic E-state index is 10.7. The van der Waals surface area contributed by atoms with Crippen LogP contribution in [0.1, 0.15) is 6.92 Å². The molecule has 2 rings (SSSR count). The number of nitrogens with one attached hydrogen (secondary N) is 1. The highest BCUT2D eigenvalue weighted by Crippen LogP contribution is 2.21. The first kappa shape index (κ1) is 13.1. The molecule has 0 spiro atoms. The summed E-state index contributed by atoms with van der Waals surface area (Å²) in [4.78, 5) is 13.1. The molecule has 0 saturated carbocycles. The Hall–Kier alpha value is -1.36. The Labute approximate surface area is 111 Å². The van der Waals surface area contributed by atoms with Crippen molar-refractivity contribution < 1.29 is 9.90 Å². The summed E-state index contributed by atoms with van der Waals surface area (Å²) in [5.41, 5.74) is 2.06. The second-order valence-corrected chi connectivity index (χ2v) is 5.58. The van der Waals surface area contributed by atoms with Crippen LogP contribution in [0.25, 0.3) is 0 Å². The van der Waals surface area contributed by atoms with Gasteiger partial charge in [-0.1, -0.05) is 0 Å². The quantitative estimate of drug-likeness (QED) is 0.874. The number of carboxylic acid groups (broad SMARTS) is 1. The van der Waals surface area contributed by atoms with Crippen molar-refractivity contribution in [1.29, 1.82) is 0 Å². The lowest BCUT2D eigenvalue weighted by Gasteiger charge is -2.28. The van der Waals surface area contributed by atoms with Crippen LogP contribution in [0, 0.1) is 0 Å². The van der Waals surface area contributed by atoms with Gasteiger partial charge in [0.05, 0.1) is 0 Å². The summed E-state index contributed by atoms with van der Waals surface area (Å²) in [6, 6.07) is 7.41. The van der Waals surface area contributed by atoms with Gasteiger partial charge in [-0.3, -0.25) is 4.79 Å². The second kappa shape index (κ2) is 6.00. The fourth-order valence-corrected chi connectivity index (χ4v) is 2.80. The number of carboxylic acids is 1. The van der Waals surface area contributed by atoms with Crippen LogP contribution in [-0.2, 0) is 4.79 Å². The van der Waals surface area contributed by atoms with Gasteiger partial charge in [0.1, 0.15) is 6.04 Å². The predicted molar refractivity (Wildman–Crippen MR) is 76.7 cm³/mol. The highest BCUT2D eigenvalue weighted by Gasteiger charge is 2.12. The number of thioether (sulfide) groups is 1. The Morgan fingerprint density at radius 3 is 2.50 bits per heavy atom. The topological polar surface area (TPSA) is 52.6 Å². The van der Waals surface area contributed by atoms with Gasteiger partial charge in [-0.2, -0.15) is 11.8 Å². The van der Waals surface area contributed by atoms with Gasteiger partial charge in [0.2, 0.25) is 0 Å². The maximum absolute atomic E-state index is 10.7. The number of carbonyl (C=O) groups is 1. The van der Waals surface area contributed by atoms with Crippen molar-refractivity contribution in [3.05, 3.63) is 24.3 Å². The average Bonchev–Trinajstić information content (AvgIpc) is 2.40. The summed E-state index contributed by atoms with van der Waals surface area (Å²) in [6.45, 7) is 3.81. The molecule has 0 aliphatic carbocycles. The van der Waals surface area contributed by atoms with Crippen molar-refractivity contribution in [1.82, 2.24) is 0 Å². The van der Waals surface area contributed by atoms with E-state index in [0.717, 1.165) is 18.8 Å². The molecule has 98 valence electrons. The van der Waals surface area contributed by atoms with Gasteiger partial charge in [-0.05, 0) is 31.2 Å². The van der Waals surface area contributed by atoms with E-state index < -0.39 is 12.0 Å². The van der Waals surface area contributed by atoms with E-state index in [1.54, 1.807) is 6.92 Å². The number of hydrogen-bond acceptors (Lipinski definition) is 4. The first-order valence-electron chi connectivity index (χ1n) is 6.09. The molecule has 1 aliphatic rings. The summed E-state index contributed by atoms with van der Waals surface area (Å²) in [5, 5.41) is 11.8. The van der Waals surface area contributed by atoms with Gasteiger partial charge in [0, 0.05) is 36.0 Å². The summed E-state index contributed by atoms with van der Waals surface area (Å²) < 4.78 is 0. The van der Waals surface area contributed by atoms with Crippen molar-refractivity contribution in [2.24, 2.45) is 0 Å². The van der Waals surface area contributed by atoms with Gasteiger partial charge in [-0.15, -0.1) is 0 Å². The summed E-state index contributed by atoms with van der Waals surface area (Å²) in [6.07, 6.45) is 0. The van der Waals surface area contributed by atoms with Crippen molar-refractivity contribution >= 4 is 29.1 Å². The van der Waals surface area contributed by atoms with E-state index in [9.17, 15) is 4.79 Å². The van der Waals surface area contributed by atoms with Crippen LogP contribution in [0.15, 0.2) is 24.3 Å². The van der Waals surface area contributed by atoms with Gasteiger partial charge in [0.15, 0.2) is 0 Å². The lowest BCUT2D eigenvalue weighted by atomic mass is 10.2. The van der Waals surface area contributed by atoms with Crippen LogP contribution in [0.2, 0.25) is 0 Å². The van der Waals surface area contributed by atoms with E-state index in [-0.39, 0.29) is 0 Å². The Balaban J connectivity index is 1.98. The number of anilines is 2. The van der Waals surface area contributed by atoms with Gasteiger partial charge < -0.3 is 15.3 Å². The van der Waals surface area contributed by atoms with Crippen LogP contribution in [0.4, 0.5) is 11.4 Å². The normalized spacial score (nSPS) is 17.3. The monoisotopic (exact) mass is 266 g/mol. The van der Waals surface area contributed by atoms with E-state index >= 15 is 0 Å². The third kappa shape index (κ3) is 3.32. The summed E-state index contributed by atoms with van der Waals surface area (Å²) in [7, 11) is 0. The fourth-order valence-electron chi connectivity index (χ4n) is 1.90. The fraction of sp³-hybridized carbons (Fsp3) is 0.462. The minimum atomic E-state index is -0.841. The molecule has 1 saturated heterocycles. The van der Waals surface area contributed by atoms with E-state index in [1.165, 1.54) is 17.2 Å². The Bertz CT molecular complexity index is 402. The largest absolute Gasteiger partial charge is 0.480 e. The first-order chi connectivity index (χ1) is 8.66. The van der Waals surface area contributed by atoms with Crippen LogP contribution in [0.3, 0.4) is 0 Å². The minimum Gasteiger partial charge on any atom is -0.480 e. The van der Waals surface area contributed by atoms with E-state index in [0.29, 0.717) is 0 Å². The van der Waals surface area contributed by atoms with Crippen LogP contribution in [-0.4, -0.2) is 41.7 Å². The third-order valence-electron chi connectivity index (χ3n) is 3.00. The molecular formula is C13H18N2O2S. The van der Waals surface area contributed by atoms with Gasteiger partial charge in [0.25, 0.3) is 0 Å². The van der Waals surface area contributed by atoms with Crippen molar-refractivity contribution in [2.75, 3.05) is 34.8 Å². The van der Waals surface area contributed by atoms with Crippen LogP contribution < -0.4 is 10.2 Å².